The van der Waals surface area contributed by atoms with E-state index in [1.165, 1.54) is 44.5 Å². The molecule has 0 atom stereocenters. The van der Waals surface area contributed by atoms with Crippen molar-refractivity contribution in [2.24, 2.45) is 0 Å². The summed E-state index contributed by atoms with van der Waals surface area (Å²) >= 11 is 0. The Kier molecular flexibility index (Phi) is 6.80. The van der Waals surface area contributed by atoms with Crippen molar-refractivity contribution in [3.63, 3.8) is 0 Å². The zero-order chi connectivity index (χ0) is 14.0. The molecular formula is C18H26Ni. The SMILES string of the molecule is Cc1c[c-](C)c(C)c1C.Cc1c[c-](C)c(C)c1C.[Ni+2]. The molecule has 0 amide bonds. The number of hydrogen-bond acceptors (Lipinski definition) is 0. The van der Waals surface area contributed by atoms with Crippen molar-refractivity contribution in [3.05, 3.63) is 56.6 Å². The predicted octanol–water partition coefficient (Wildman–Crippen LogP) is 5.28. The van der Waals surface area contributed by atoms with Crippen LogP contribution in [0.25, 0.3) is 0 Å². The van der Waals surface area contributed by atoms with Gasteiger partial charge in [0, 0.05) is 0 Å². The van der Waals surface area contributed by atoms with E-state index in [1.54, 1.807) is 0 Å². The van der Waals surface area contributed by atoms with Crippen molar-refractivity contribution < 1.29 is 16.5 Å². The zero-order valence-corrected chi connectivity index (χ0v) is 14.5. The maximum Gasteiger partial charge on any atom is 2.00 e. The van der Waals surface area contributed by atoms with Gasteiger partial charge in [0.15, 0.2) is 0 Å². The van der Waals surface area contributed by atoms with Gasteiger partial charge < -0.3 is 0 Å². The van der Waals surface area contributed by atoms with Gasteiger partial charge in [0.1, 0.15) is 0 Å². The molecule has 2 aromatic carbocycles. The monoisotopic (exact) mass is 300 g/mol. The average Bonchev–Trinajstić information content (AvgIpc) is 2.66. The summed E-state index contributed by atoms with van der Waals surface area (Å²) in [4.78, 5) is 0. The molecule has 108 valence electrons. The molecule has 0 saturated carbocycles. The van der Waals surface area contributed by atoms with Crippen LogP contribution in [0.4, 0.5) is 0 Å². The van der Waals surface area contributed by atoms with Crippen LogP contribution in [-0.2, 0) is 16.5 Å². The van der Waals surface area contributed by atoms with Crippen molar-refractivity contribution in [3.8, 4) is 0 Å². The third-order valence-corrected chi connectivity index (χ3v) is 4.36. The van der Waals surface area contributed by atoms with Crippen LogP contribution in [0.1, 0.15) is 44.5 Å². The molecule has 0 heterocycles. The minimum Gasteiger partial charge on any atom is -0.199 e. The van der Waals surface area contributed by atoms with Gasteiger partial charge in [-0.1, -0.05) is 55.4 Å². The van der Waals surface area contributed by atoms with Crippen LogP contribution < -0.4 is 0 Å². The Morgan fingerprint density at radius 3 is 0.947 bits per heavy atom. The van der Waals surface area contributed by atoms with E-state index in [2.05, 4.69) is 67.5 Å². The van der Waals surface area contributed by atoms with E-state index in [-0.39, 0.29) is 16.5 Å². The van der Waals surface area contributed by atoms with E-state index < -0.39 is 0 Å². The summed E-state index contributed by atoms with van der Waals surface area (Å²) in [5.41, 5.74) is 11.5. The summed E-state index contributed by atoms with van der Waals surface area (Å²) in [6.45, 7) is 17.4. The van der Waals surface area contributed by atoms with Gasteiger partial charge in [-0.2, -0.15) is 56.6 Å². The minimum atomic E-state index is 0. The molecule has 0 aliphatic heterocycles. The molecule has 0 aromatic heterocycles. The van der Waals surface area contributed by atoms with Crippen molar-refractivity contribution in [2.45, 2.75) is 55.4 Å². The van der Waals surface area contributed by atoms with Gasteiger partial charge in [-0.15, -0.1) is 0 Å². The smallest absolute Gasteiger partial charge is 0.199 e. The second-order valence-corrected chi connectivity index (χ2v) is 5.52. The average molecular weight is 301 g/mol. The molecule has 0 saturated heterocycles. The van der Waals surface area contributed by atoms with Gasteiger partial charge in [-0.3, -0.25) is 0 Å². The Hall–Kier alpha value is -0.806. The first-order valence-electron chi connectivity index (χ1n) is 6.65. The molecule has 0 nitrogen and oxygen atoms in total. The Morgan fingerprint density at radius 2 is 0.895 bits per heavy atom. The van der Waals surface area contributed by atoms with Crippen molar-refractivity contribution >= 4 is 0 Å². The number of aryl methyl sites for hydroxylation is 4. The van der Waals surface area contributed by atoms with Crippen molar-refractivity contribution in [1.82, 2.24) is 0 Å². The summed E-state index contributed by atoms with van der Waals surface area (Å²) in [7, 11) is 0. The molecule has 0 N–H and O–H groups in total. The molecule has 0 unspecified atom stereocenters. The van der Waals surface area contributed by atoms with Crippen LogP contribution in [0.3, 0.4) is 0 Å². The summed E-state index contributed by atoms with van der Waals surface area (Å²) in [6.07, 6.45) is 0. The topological polar surface area (TPSA) is 0 Å². The van der Waals surface area contributed by atoms with Crippen LogP contribution in [-0.4, -0.2) is 0 Å². The largest absolute Gasteiger partial charge is 2.00 e. The normalized spacial score (nSPS) is 9.68. The first-order valence-corrected chi connectivity index (χ1v) is 6.65. The molecule has 2 aromatic rings. The van der Waals surface area contributed by atoms with E-state index in [0.717, 1.165) is 0 Å². The quantitative estimate of drug-likeness (QED) is 0.459. The maximum atomic E-state index is 2.24. The molecule has 0 fully saturated rings. The van der Waals surface area contributed by atoms with E-state index in [9.17, 15) is 0 Å². The Bertz CT molecular complexity index is 443. The summed E-state index contributed by atoms with van der Waals surface area (Å²) < 4.78 is 0. The van der Waals surface area contributed by atoms with Gasteiger partial charge >= 0.3 is 16.5 Å². The summed E-state index contributed by atoms with van der Waals surface area (Å²) in [5, 5.41) is 0. The van der Waals surface area contributed by atoms with Crippen molar-refractivity contribution in [2.75, 3.05) is 0 Å². The molecular weight excluding hydrogens is 275 g/mol. The fraction of sp³-hybridized carbons (Fsp3) is 0.444. The third-order valence-electron chi connectivity index (χ3n) is 4.36. The predicted molar refractivity (Wildman–Crippen MR) is 82.0 cm³/mol. The fourth-order valence-corrected chi connectivity index (χ4v) is 2.27. The van der Waals surface area contributed by atoms with Crippen LogP contribution in [0.2, 0.25) is 0 Å². The summed E-state index contributed by atoms with van der Waals surface area (Å²) in [6, 6.07) is 4.48. The molecule has 0 bridgehead atoms. The van der Waals surface area contributed by atoms with E-state index in [0.29, 0.717) is 0 Å². The van der Waals surface area contributed by atoms with Gasteiger partial charge in [0.2, 0.25) is 0 Å². The van der Waals surface area contributed by atoms with Gasteiger partial charge in [0.05, 0.1) is 0 Å². The summed E-state index contributed by atoms with van der Waals surface area (Å²) in [5.74, 6) is 0. The van der Waals surface area contributed by atoms with Crippen LogP contribution in [0.15, 0.2) is 12.1 Å². The van der Waals surface area contributed by atoms with E-state index in [1.807, 2.05) is 0 Å². The van der Waals surface area contributed by atoms with Crippen LogP contribution in [0, 0.1) is 55.4 Å². The number of rotatable bonds is 0. The first-order chi connectivity index (χ1) is 8.25. The Morgan fingerprint density at radius 1 is 0.632 bits per heavy atom. The Labute approximate surface area is 128 Å². The molecule has 19 heavy (non-hydrogen) atoms. The minimum absolute atomic E-state index is 0. The van der Waals surface area contributed by atoms with Crippen LogP contribution in [0.5, 0.6) is 0 Å². The zero-order valence-electron chi connectivity index (χ0n) is 13.5. The third kappa shape index (κ3) is 4.08. The molecule has 0 spiro atoms. The number of hydrogen-bond donors (Lipinski definition) is 0. The van der Waals surface area contributed by atoms with Gasteiger partial charge in [-0.05, 0) is 0 Å². The van der Waals surface area contributed by atoms with Crippen LogP contribution >= 0.6 is 0 Å². The molecule has 2 rings (SSSR count). The fourth-order valence-electron chi connectivity index (χ4n) is 2.27. The maximum absolute atomic E-state index is 2.24. The van der Waals surface area contributed by atoms with Gasteiger partial charge in [-0.25, -0.2) is 0 Å². The Balaban J connectivity index is 0.000000324. The molecule has 0 radical (unpaired) electrons. The first kappa shape index (κ1) is 18.2. The standard InChI is InChI=1S/2C9H13.Ni/c2*1-6-5-7(2)9(4)8(6)3;/h2*5H,1-4H3;/q2*-1;+2. The van der Waals surface area contributed by atoms with Crippen molar-refractivity contribution in [1.29, 1.82) is 0 Å². The molecule has 0 aliphatic carbocycles. The second-order valence-electron chi connectivity index (χ2n) is 5.52. The van der Waals surface area contributed by atoms with E-state index >= 15 is 0 Å². The van der Waals surface area contributed by atoms with Gasteiger partial charge in [0.25, 0.3) is 0 Å². The second kappa shape index (κ2) is 7.10. The molecule has 1 heteroatoms. The molecule has 0 aliphatic rings. The van der Waals surface area contributed by atoms with E-state index in [4.69, 9.17) is 0 Å².